The van der Waals surface area contributed by atoms with Crippen LogP contribution in [0.15, 0.2) is 24.3 Å². The van der Waals surface area contributed by atoms with Gasteiger partial charge in [0, 0.05) is 24.8 Å². The van der Waals surface area contributed by atoms with Crippen LogP contribution in [0, 0.1) is 0 Å². The summed E-state index contributed by atoms with van der Waals surface area (Å²) in [6.45, 7) is 1.78. The predicted octanol–water partition coefficient (Wildman–Crippen LogP) is 1.39. The second kappa shape index (κ2) is 5.90. The molecule has 5 heteroatoms. The third-order valence-electron chi connectivity index (χ3n) is 3.96. The molecule has 1 aromatic rings. The van der Waals surface area contributed by atoms with E-state index in [9.17, 15) is 4.79 Å². The van der Waals surface area contributed by atoms with Gasteiger partial charge in [0.1, 0.15) is 0 Å². The Bertz CT molecular complexity index is 466. The van der Waals surface area contributed by atoms with Gasteiger partial charge in [0.15, 0.2) is 0 Å². The van der Waals surface area contributed by atoms with E-state index < -0.39 is 0 Å². The number of nitrogens with two attached hydrogens (primary N) is 1. The van der Waals surface area contributed by atoms with Crippen LogP contribution >= 0.6 is 12.4 Å². The van der Waals surface area contributed by atoms with E-state index in [0.717, 1.165) is 38.0 Å². The fraction of sp³-hybridized carbons (Fsp3) is 0.500. The number of benzene rings is 1. The van der Waals surface area contributed by atoms with E-state index >= 15 is 0 Å². The highest BCUT2D eigenvalue weighted by molar-refractivity contribution is 5.96. The smallest absolute Gasteiger partial charge is 0.241 e. The number of nitrogens with zero attached hydrogens (tertiary/aromatic N) is 1. The van der Waals surface area contributed by atoms with Crippen molar-refractivity contribution in [3.63, 3.8) is 0 Å². The van der Waals surface area contributed by atoms with Crippen LogP contribution in [0.4, 0.5) is 5.69 Å². The van der Waals surface area contributed by atoms with Gasteiger partial charge in [-0.15, -0.1) is 12.4 Å². The molecule has 1 saturated heterocycles. The molecule has 19 heavy (non-hydrogen) atoms. The average Bonchev–Trinajstić information content (AvgIpc) is 2.70. The zero-order valence-electron chi connectivity index (χ0n) is 10.8. The minimum absolute atomic E-state index is 0. The molecule has 2 aliphatic heterocycles. The number of halogens is 1. The second-order valence-corrected chi connectivity index (χ2v) is 5.24. The molecular weight excluding hydrogens is 262 g/mol. The number of carbonyl (C=O) groups excluding carboxylic acids is 1. The summed E-state index contributed by atoms with van der Waals surface area (Å²) < 4.78 is 0. The lowest BCUT2D eigenvalue weighted by Crippen LogP contribution is -2.43. The molecule has 3 rings (SSSR count). The first-order chi connectivity index (χ1) is 8.74. The van der Waals surface area contributed by atoms with Crippen molar-refractivity contribution in [2.24, 2.45) is 5.73 Å². The minimum atomic E-state index is -0.0223. The SMILES string of the molecule is Cl.N[C@H]1CCN(C2CCc3ccccc3NC2=O)C1. The Morgan fingerprint density at radius 1 is 1.26 bits per heavy atom. The van der Waals surface area contributed by atoms with Gasteiger partial charge in [-0.05, 0) is 30.9 Å². The summed E-state index contributed by atoms with van der Waals surface area (Å²) in [7, 11) is 0. The number of aryl methyl sites for hydroxylation is 1. The van der Waals surface area contributed by atoms with Crippen molar-refractivity contribution in [3.8, 4) is 0 Å². The number of fused-ring (bicyclic) bond motifs is 1. The molecule has 1 amide bonds. The number of carbonyl (C=O) groups is 1. The third kappa shape index (κ3) is 2.91. The van der Waals surface area contributed by atoms with Gasteiger partial charge < -0.3 is 11.1 Å². The van der Waals surface area contributed by atoms with Crippen LogP contribution in [0.1, 0.15) is 18.4 Å². The second-order valence-electron chi connectivity index (χ2n) is 5.24. The molecule has 0 aliphatic carbocycles. The number of hydrogen-bond acceptors (Lipinski definition) is 3. The first kappa shape index (κ1) is 14.3. The fourth-order valence-electron chi connectivity index (χ4n) is 2.95. The van der Waals surface area contributed by atoms with Crippen LogP contribution in [0.25, 0.3) is 0 Å². The summed E-state index contributed by atoms with van der Waals surface area (Å²) in [5.41, 5.74) is 8.13. The van der Waals surface area contributed by atoms with Crippen LogP contribution in [-0.4, -0.2) is 36.0 Å². The quantitative estimate of drug-likeness (QED) is 0.818. The van der Waals surface area contributed by atoms with Crippen LogP contribution in [-0.2, 0) is 11.2 Å². The zero-order chi connectivity index (χ0) is 12.5. The lowest BCUT2D eigenvalue weighted by Gasteiger charge is -2.24. The van der Waals surface area contributed by atoms with Crippen molar-refractivity contribution in [1.82, 2.24) is 4.90 Å². The summed E-state index contributed by atoms with van der Waals surface area (Å²) >= 11 is 0. The highest BCUT2D eigenvalue weighted by Crippen LogP contribution is 2.25. The molecule has 104 valence electrons. The first-order valence-corrected chi connectivity index (χ1v) is 6.62. The van der Waals surface area contributed by atoms with Gasteiger partial charge in [-0.3, -0.25) is 9.69 Å². The number of amides is 1. The van der Waals surface area contributed by atoms with Crippen molar-refractivity contribution in [2.45, 2.75) is 31.3 Å². The number of rotatable bonds is 1. The molecule has 0 radical (unpaired) electrons. The first-order valence-electron chi connectivity index (χ1n) is 6.62. The Hall–Kier alpha value is -1.10. The normalized spacial score (nSPS) is 27.1. The molecule has 2 aliphatic rings. The van der Waals surface area contributed by atoms with E-state index in [1.165, 1.54) is 5.56 Å². The Balaban J connectivity index is 0.00000133. The maximum atomic E-state index is 12.3. The van der Waals surface area contributed by atoms with Gasteiger partial charge in [0.05, 0.1) is 6.04 Å². The molecule has 4 nitrogen and oxygen atoms in total. The average molecular weight is 282 g/mol. The van der Waals surface area contributed by atoms with E-state index in [2.05, 4.69) is 16.3 Å². The van der Waals surface area contributed by atoms with Gasteiger partial charge in [-0.2, -0.15) is 0 Å². The van der Waals surface area contributed by atoms with E-state index in [0.29, 0.717) is 0 Å². The lowest BCUT2D eigenvalue weighted by atomic mass is 10.1. The molecule has 1 fully saturated rings. The summed E-state index contributed by atoms with van der Waals surface area (Å²) in [5.74, 6) is 0.119. The number of likely N-dealkylation sites (tertiary alicyclic amines) is 1. The Morgan fingerprint density at radius 3 is 2.79 bits per heavy atom. The minimum Gasteiger partial charge on any atom is -0.326 e. The van der Waals surface area contributed by atoms with E-state index in [4.69, 9.17) is 5.73 Å². The summed E-state index contributed by atoms with van der Waals surface area (Å²) in [5, 5.41) is 3.04. The molecule has 0 aromatic heterocycles. The molecule has 3 N–H and O–H groups in total. The topological polar surface area (TPSA) is 58.4 Å². The lowest BCUT2D eigenvalue weighted by molar-refractivity contribution is -0.121. The van der Waals surface area contributed by atoms with E-state index in [1.54, 1.807) is 0 Å². The van der Waals surface area contributed by atoms with Crippen molar-refractivity contribution in [3.05, 3.63) is 29.8 Å². The van der Waals surface area contributed by atoms with Gasteiger partial charge in [0.2, 0.25) is 5.91 Å². The standard InChI is InChI=1S/C14H19N3O.ClH/c15-11-7-8-17(9-11)13-6-5-10-3-1-2-4-12(10)16-14(13)18;/h1-4,11,13H,5-9,15H2,(H,16,18);1H/t11-,13?;/m0./s1. The van der Waals surface area contributed by atoms with Gasteiger partial charge in [-0.1, -0.05) is 18.2 Å². The van der Waals surface area contributed by atoms with Gasteiger partial charge in [-0.25, -0.2) is 0 Å². The van der Waals surface area contributed by atoms with Crippen LogP contribution in [0.3, 0.4) is 0 Å². The van der Waals surface area contributed by atoms with Gasteiger partial charge in [0.25, 0.3) is 0 Å². The largest absolute Gasteiger partial charge is 0.326 e. The van der Waals surface area contributed by atoms with Crippen molar-refractivity contribution in [2.75, 3.05) is 18.4 Å². The van der Waals surface area contributed by atoms with E-state index in [-0.39, 0.29) is 30.4 Å². The highest BCUT2D eigenvalue weighted by atomic mass is 35.5. The third-order valence-corrected chi connectivity index (χ3v) is 3.96. The number of hydrogen-bond donors (Lipinski definition) is 2. The fourth-order valence-corrected chi connectivity index (χ4v) is 2.95. The van der Waals surface area contributed by atoms with Gasteiger partial charge >= 0.3 is 0 Å². The molecule has 0 saturated carbocycles. The van der Waals surface area contributed by atoms with Crippen LogP contribution < -0.4 is 11.1 Å². The molecular formula is C14H20ClN3O. The van der Waals surface area contributed by atoms with Crippen molar-refractivity contribution < 1.29 is 4.79 Å². The number of anilines is 1. The predicted molar refractivity (Wildman–Crippen MR) is 78.6 cm³/mol. The molecule has 1 aromatic carbocycles. The highest BCUT2D eigenvalue weighted by Gasteiger charge is 2.32. The van der Waals surface area contributed by atoms with E-state index in [1.807, 2.05) is 18.2 Å². The Morgan fingerprint density at radius 2 is 2.05 bits per heavy atom. The molecule has 0 spiro atoms. The summed E-state index contributed by atoms with van der Waals surface area (Å²) in [6, 6.07) is 8.26. The molecule has 2 heterocycles. The number of nitrogens with one attached hydrogen (secondary N) is 1. The Kier molecular flexibility index (Phi) is 4.45. The molecule has 1 unspecified atom stereocenters. The van der Waals surface area contributed by atoms with Crippen LogP contribution in [0.5, 0.6) is 0 Å². The maximum Gasteiger partial charge on any atom is 0.241 e. The summed E-state index contributed by atoms with van der Waals surface area (Å²) in [6.07, 6.45) is 2.83. The van der Waals surface area contributed by atoms with Crippen molar-refractivity contribution >= 4 is 24.0 Å². The number of para-hydroxylation sites is 1. The summed E-state index contributed by atoms with van der Waals surface area (Å²) in [4.78, 5) is 14.5. The Labute approximate surface area is 119 Å². The monoisotopic (exact) mass is 281 g/mol. The maximum absolute atomic E-state index is 12.3. The van der Waals surface area contributed by atoms with Crippen LogP contribution in [0.2, 0.25) is 0 Å². The molecule has 2 atom stereocenters. The zero-order valence-corrected chi connectivity index (χ0v) is 11.7. The van der Waals surface area contributed by atoms with Crippen molar-refractivity contribution in [1.29, 1.82) is 0 Å². The molecule has 0 bridgehead atoms.